The van der Waals surface area contributed by atoms with Gasteiger partial charge in [-0.25, -0.2) is 18.1 Å². The van der Waals surface area contributed by atoms with Gasteiger partial charge in [0, 0.05) is 16.8 Å². The van der Waals surface area contributed by atoms with Gasteiger partial charge in [0.15, 0.2) is 0 Å². The van der Waals surface area contributed by atoms with Crippen molar-refractivity contribution >= 4 is 27.0 Å². The smallest absolute Gasteiger partial charge is 0.240 e. The molecule has 114 valence electrons. The van der Waals surface area contributed by atoms with Crippen LogP contribution in [0.2, 0.25) is 0 Å². The van der Waals surface area contributed by atoms with E-state index in [1.807, 2.05) is 13.1 Å². The van der Waals surface area contributed by atoms with Gasteiger partial charge in [-0.05, 0) is 44.7 Å². The second kappa shape index (κ2) is 6.55. The van der Waals surface area contributed by atoms with Crippen LogP contribution in [0.25, 0.3) is 0 Å². The third kappa shape index (κ3) is 3.81. The van der Waals surface area contributed by atoms with Crippen molar-refractivity contribution in [3.63, 3.8) is 0 Å². The van der Waals surface area contributed by atoms with Crippen LogP contribution in [0.15, 0.2) is 35.4 Å². The molecule has 1 atom stereocenters. The van der Waals surface area contributed by atoms with Gasteiger partial charge in [0.2, 0.25) is 10.0 Å². The lowest BCUT2D eigenvalue weighted by Crippen LogP contribution is -2.18. The van der Waals surface area contributed by atoms with E-state index in [9.17, 15) is 8.42 Å². The van der Waals surface area contributed by atoms with Crippen LogP contribution in [0.3, 0.4) is 0 Å². The first-order valence-corrected chi connectivity index (χ1v) is 9.01. The third-order valence-corrected chi connectivity index (χ3v) is 5.86. The van der Waals surface area contributed by atoms with Crippen LogP contribution >= 0.6 is 11.3 Å². The minimum Gasteiger partial charge on any atom is -0.376 e. The van der Waals surface area contributed by atoms with Gasteiger partial charge in [0.1, 0.15) is 5.01 Å². The summed E-state index contributed by atoms with van der Waals surface area (Å²) in [6.07, 6.45) is 2.89. The lowest BCUT2D eigenvalue weighted by Gasteiger charge is -2.13. The minimum absolute atomic E-state index is 0.0852. The van der Waals surface area contributed by atoms with Crippen molar-refractivity contribution in [3.8, 4) is 0 Å². The lowest BCUT2D eigenvalue weighted by molar-refractivity contribution is 0.588. The summed E-state index contributed by atoms with van der Waals surface area (Å²) >= 11 is 1.69. The van der Waals surface area contributed by atoms with Crippen molar-refractivity contribution in [2.24, 2.45) is 0 Å². The van der Waals surface area contributed by atoms with Crippen molar-refractivity contribution in [1.82, 2.24) is 9.71 Å². The molecule has 1 unspecified atom stereocenters. The number of aromatic nitrogens is 1. The number of benzene rings is 1. The van der Waals surface area contributed by atoms with Gasteiger partial charge < -0.3 is 5.32 Å². The topological polar surface area (TPSA) is 71.1 Å². The van der Waals surface area contributed by atoms with Crippen molar-refractivity contribution in [3.05, 3.63) is 40.3 Å². The van der Waals surface area contributed by atoms with Gasteiger partial charge in [-0.15, -0.1) is 11.3 Å². The van der Waals surface area contributed by atoms with Gasteiger partial charge in [-0.3, -0.25) is 0 Å². The Labute approximate surface area is 129 Å². The highest BCUT2D eigenvalue weighted by Gasteiger charge is 2.12. The zero-order chi connectivity index (χ0) is 15.5. The van der Waals surface area contributed by atoms with Crippen LogP contribution in [0, 0.1) is 0 Å². The van der Waals surface area contributed by atoms with Crippen molar-refractivity contribution < 1.29 is 8.42 Å². The molecule has 0 aliphatic heterocycles. The Morgan fingerprint density at radius 3 is 2.48 bits per heavy atom. The highest BCUT2D eigenvalue weighted by molar-refractivity contribution is 7.89. The second-order valence-electron chi connectivity index (χ2n) is 4.62. The van der Waals surface area contributed by atoms with Crippen molar-refractivity contribution in [1.29, 1.82) is 0 Å². The average Bonchev–Trinajstić information content (AvgIpc) is 2.97. The molecule has 21 heavy (non-hydrogen) atoms. The van der Waals surface area contributed by atoms with Crippen LogP contribution in [0.5, 0.6) is 0 Å². The Hall–Kier alpha value is -1.44. The molecule has 7 heteroatoms. The number of anilines is 1. The molecule has 2 N–H and O–H groups in total. The summed E-state index contributed by atoms with van der Waals surface area (Å²) in [6, 6.07) is 6.77. The largest absolute Gasteiger partial charge is 0.376 e. The van der Waals surface area contributed by atoms with Gasteiger partial charge in [0.05, 0.1) is 10.9 Å². The third-order valence-electron chi connectivity index (χ3n) is 3.11. The fourth-order valence-corrected chi connectivity index (χ4v) is 3.44. The molecule has 1 heterocycles. The van der Waals surface area contributed by atoms with Crippen LogP contribution in [-0.2, 0) is 16.4 Å². The number of sulfonamides is 1. The van der Waals surface area contributed by atoms with Gasteiger partial charge in [-0.2, -0.15) is 0 Å². The molecule has 2 aromatic rings. The average molecular weight is 325 g/mol. The number of hydrogen-bond donors (Lipinski definition) is 2. The van der Waals surface area contributed by atoms with Crippen LogP contribution < -0.4 is 10.0 Å². The van der Waals surface area contributed by atoms with E-state index < -0.39 is 10.0 Å². The molecule has 0 saturated carbocycles. The molecule has 2 rings (SSSR count). The van der Waals surface area contributed by atoms with Crippen molar-refractivity contribution in [2.45, 2.75) is 31.2 Å². The van der Waals surface area contributed by atoms with E-state index in [0.29, 0.717) is 0 Å². The molecule has 0 aliphatic rings. The van der Waals surface area contributed by atoms with Gasteiger partial charge in [-0.1, -0.05) is 6.92 Å². The van der Waals surface area contributed by atoms with E-state index >= 15 is 0 Å². The number of aryl methyl sites for hydroxylation is 1. The molecule has 0 radical (unpaired) electrons. The Balaban J connectivity index is 2.09. The molecule has 1 aromatic heterocycles. The number of nitrogens with one attached hydrogen (secondary N) is 2. The highest BCUT2D eigenvalue weighted by Crippen LogP contribution is 2.24. The SMILES string of the molecule is CCc1cnc(C(C)Nc2ccc(S(=O)(=O)NC)cc2)s1. The fraction of sp³-hybridized carbons (Fsp3) is 0.357. The summed E-state index contributed by atoms with van der Waals surface area (Å²) in [5, 5.41) is 4.35. The number of thiazole rings is 1. The maximum absolute atomic E-state index is 11.7. The summed E-state index contributed by atoms with van der Waals surface area (Å²) in [5.74, 6) is 0. The second-order valence-corrected chi connectivity index (χ2v) is 7.65. The maximum Gasteiger partial charge on any atom is 0.240 e. The molecule has 1 aromatic carbocycles. The lowest BCUT2D eigenvalue weighted by atomic mass is 10.3. The fourth-order valence-electron chi connectivity index (χ4n) is 1.85. The first-order chi connectivity index (χ1) is 9.96. The Morgan fingerprint density at radius 1 is 1.29 bits per heavy atom. The van der Waals surface area contributed by atoms with Gasteiger partial charge in [0.25, 0.3) is 0 Å². The summed E-state index contributed by atoms with van der Waals surface area (Å²) in [4.78, 5) is 5.92. The van der Waals surface area contributed by atoms with E-state index in [1.54, 1.807) is 35.6 Å². The number of rotatable bonds is 6. The molecule has 0 bridgehead atoms. The summed E-state index contributed by atoms with van der Waals surface area (Å²) in [7, 11) is -1.98. The zero-order valence-electron chi connectivity index (χ0n) is 12.3. The Bertz CT molecular complexity index is 693. The standard InChI is InChI=1S/C14H19N3O2S2/c1-4-12-9-16-14(20-12)10(2)17-11-5-7-13(8-6-11)21(18,19)15-3/h5-10,15,17H,4H2,1-3H3. The molecule has 0 spiro atoms. The van der Waals surface area contributed by atoms with Crippen LogP contribution in [0.4, 0.5) is 5.69 Å². The number of nitrogens with zero attached hydrogens (tertiary/aromatic N) is 1. The minimum atomic E-state index is -3.38. The van der Waals surface area contributed by atoms with Gasteiger partial charge >= 0.3 is 0 Å². The summed E-state index contributed by atoms with van der Waals surface area (Å²) < 4.78 is 25.6. The normalized spacial score (nSPS) is 13.1. The predicted molar refractivity (Wildman–Crippen MR) is 86.2 cm³/mol. The molecule has 0 fully saturated rings. The van der Waals surface area contributed by atoms with E-state index in [4.69, 9.17) is 0 Å². The first-order valence-electron chi connectivity index (χ1n) is 6.71. The monoisotopic (exact) mass is 325 g/mol. The summed E-state index contributed by atoms with van der Waals surface area (Å²) in [5.41, 5.74) is 0.866. The quantitative estimate of drug-likeness (QED) is 0.857. The molecule has 5 nitrogen and oxygen atoms in total. The molecular weight excluding hydrogens is 306 g/mol. The highest BCUT2D eigenvalue weighted by atomic mass is 32.2. The summed E-state index contributed by atoms with van der Waals surface area (Å²) in [6.45, 7) is 4.15. The predicted octanol–water partition coefficient (Wildman–Crippen LogP) is 2.79. The van der Waals surface area contributed by atoms with E-state index in [2.05, 4.69) is 21.9 Å². The first kappa shape index (κ1) is 15.9. The molecule has 0 aliphatic carbocycles. The maximum atomic E-state index is 11.7. The zero-order valence-corrected chi connectivity index (χ0v) is 13.9. The number of hydrogen-bond acceptors (Lipinski definition) is 5. The van der Waals surface area contributed by atoms with Crippen LogP contribution in [0.1, 0.15) is 29.8 Å². The van der Waals surface area contributed by atoms with E-state index in [0.717, 1.165) is 17.1 Å². The van der Waals surface area contributed by atoms with Crippen LogP contribution in [-0.4, -0.2) is 20.4 Å². The Kier molecular flexibility index (Phi) is 4.97. The molecule has 0 amide bonds. The van der Waals surface area contributed by atoms with E-state index in [-0.39, 0.29) is 10.9 Å². The Morgan fingerprint density at radius 2 is 1.95 bits per heavy atom. The van der Waals surface area contributed by atoms with Crippen molar-refractivity contribution in [2.75, 3.05) is 12.4 Å². The van der Waals surface area contributed by atoms with E-state index in [1.165, 1.54) is 11.9 Å². The molecule has 0 saturated heterocycles. The molecular formula is C14H19N3O2S2.